The van der Waals surface area contributed by atoms with Crippen LogP contribution in [0.25, 0.3) is 0 Å². The Bertz CT molecular complexity index is 700. The summed E-state index contributed by atoms with van der Waals surface area (Å²) >= 11 is 0. The van der Waals surface area contributed by atoms with E-state index < -0.39 is 45.7 Å². The second-order valence-electron chi connectivity index (χ2n) is 5.83. The summed E-state index contributed by atoms with van der Waals surface area (Å²) in [5, 5.41) is 2.53. The van der Waals surface area contributed by atoms with Gasteiger partial charge in [-0.15, -0.1) is 6.58 Å². The predicted molar refractivity (Wildman–Crippen MR) is 78.8 cm³/mol. The van der Waals surface area contributed by atoms with E-state index in [9.17, 15) is 27.6 Å². The molecule has 2 rings (SSSR count). The SMILES string of the molecule is C=CCN1C(=O)C(=O)N(CC(=O)N[C@@]2(C)CCS(=O)(=O)C2)C1=O. The number of carbonyl (C=O) groups is 4. The van der Waals surface area contributed by atoms with Crippen LogP contribution in [0.4, 0.5) is 4.79 Å². The Balaban J connectivity index is 2.03. The molecule has 2 saturated heterocycles. The molecule has 0 aromatic heterocycles. The molecule has 2 heterocycles. The van der Waals surface area contributed by atoms with Crippen LogP contribution in [0.1, 0.15) is 13.3 Å². The zero-order valence-corrected chi connectivity index (χ0v) is 13.4. The van der Waals surface area contributed by atoms with Gasteiger partial charge in [0.1, 0.15) is 6.54 Å². The molecular weight excluding hydrogens is 326 g/mol. The number of rotatable bonds is 5. The van der Waals surface area contributed by atoms with Gasteiger partial charge in [0, 0.05) is 6.54 Å². The Kier molecular flexibility index (Phi) is 4.29. The lowest BCUT2D eigenvalue weighted by molar-refractivity contribution is -0.143. The zero-order valence-electron chi connectivity index (χ0n) is 12.6. The highest BCUT2D eigenvalue weighted by molar-refractivity contribution is 7.91. The van der Waals surface area contributed by atoms with Gasteiger partial charge in [-0.05, 0) is 13.3 Å². The lowest BCUT2D eigenvalue weighted by Gasteiger charge is -2.25. The number of hydrogen-bond acceptors (Lipinski definition) is 6. The van der Waals surface area contributed by atoms with Crippen molar-refractivity contribution >= 4 is 33.6 Å². The van der Waals surface area contributed by atoms with E-state index in [0.717, 1.165) is 0 Å². The minimum absolute atomic E-state index is 0.0308. The van der Waals surface area contributed by atoms with Crippen molar-refractivity contribution in [3.8, 4) is 0 Å². The average molecular weight is 343 g/mol. The van der Waals surface area contributed by atoms with E-state index in [0.29, 0.717) is 9.80 Å². The zero-order chi connectivity index (χ0) is 17.4. The first kappa shape index (κ1) is 17.1. The van der Waals surface area contributed by atoms with E-state index in [1.165, 1.54) is 6.08 Å². The molecule has 0 unspecified atom stereocenters. The van der Waals surface area contributed by atoms with Gasteiger partial charge in [0.05, 0.1) is 17.0 Å². The van der Waals surface area contributed by atoms with Gasteiger partial charge in [-0.2, -0.15) is 0 Å². The number of sulfone groups is 1. The molecule has 5 amide bonds. The minimum Gasteiger partial charge on any atom is -0.348 e. The van der Waals surface area contributed by atoms with Crippen LogP contribution < -0.4 is 5.32 Å². The smallest absolute Gasteiger partial charge is 0.335 e. The van der Waals surface area contributed by atoms with Crippen LogP contribution in [-0.4, -0.2) is 72.1 Å². The van der Waals surface area contributed by atoms with Crippen LogP contribution in [0, 0.1) is 0 Å². The molecule has 0 spiro atoms. The molecule has 0 radical (unpaired) electrons. The summed E-state index contributed by atoms with van der Waals surface area (Å²) < 4.78 is 23.0. The summed E-state index contributed by atoms with van der Waals surface area (Å²) in [6.07, 6.45) is 1.54. The number of urea groups is 1. The maximum absolute atomic E-state index is 12.0. The van der Waals surface area contributed by atoms with Gasteiger partial charge in [-0.1, -0.05) is 6.08 Å². The molecule has 0 aromatic rings. The number of amides is 5. The molecule has 1 atom stereocenters. The third-order valence-corrected chi connectivity index (χ3v) is 5.60. The van der Waals surface area contributed by atoms with Gasteiger partial charge in [-0.3, -0.25) is 19.3 Å². The van der Waals surface area contributed by atoms with Crippen molar-refractivity contribution in [1.82, 2.24) is 15.1 Å². The first-order valence-electron chi connectivity index (χ1n) is 6.88. The quantitative estimate of drug-likeness (QED) is 0.374. The summed E-state index contributed by atoms with van der Waals surface area (Å²) in [5.74, 6) is -3.03. The van der Waals surface area contributed by atoms with Crippen LogP contribution in [0.3, 0.4) is 0 Å². The van der Waals surface area contributed by atoms with Crippen molar-refractivity contribution in [2.45, 2.75) is 18.9 Å². The second-order valence-corrected chi connectivity index (χ2v) is 8.01. The molecule has 10 heteroatoms. The van der Waals surface area contributed by atoms with Crippen LogP contribution >= 0.6 is 0 Å². The van der Waals surface area contributed by atoms with Crippen molar-refractivity contribution < 1.29 is 27.6 Å². The van der Waals surface area contributed by atoms with Gasteiger partial charge >= 0.3 is 17.8 Å². The van der Waals surface area contributed by atoms with Gasteiger partial charge in [-0.25, -0.2) is 18.1 Å². The Labute approximate surface area is 133 Å². The lowest BCUT2D eigenvalue weighted by atomic mass is 10.0. The summed E-state index contributed by atoms with van der Waals surface area (Å²) in [7, 11) is -3.21. The third kappa shape index (κ3) is 3.41. The van der Waals surface area contributed by atoms with Gasteiger partial charge in [0.15, 0.2) is 9.84 Å². The Morgan fingerprint density at radius 2 is 1.91 bits per heavy atom. The first-order valence-corrected chi connectivity index (χ1v) is 8.70. The van der Waals surface area contributed by atoms with Gasteiger partial charge in [0.2, 0.25) is 5.91 Å². The number of hydrogen-bond donors (Lipinski definition) is 1. The fourth-order valence-corrected chi connectivity index (χ4v) is 4.70. The maximum Gasteiger partial charge on any atom is 0.335 e. The van der Waals surface area contributed by atoms with Crippen LogP contribution in [0.15, 0.2) is 12.7 Å². The molecule has 2 aliphatic heterocycles. The molecule has 2 aliphatic rings. The van der Waals surface area contributed by atoms with E-state index in [4.69, 9.17) is 0 Å². The topological polar surface area (TPSA) is 121 Å². The standard InChI is InChI=1S/C13H17N3O6S/c1-3-5-15-10(18)11(19)16(12(15)20)7-9(17)14-13(2)4-6-23(21,22)8-13/h3H,1,4-8H2,2H3,(H,14,17)/t13-/m0/s1. The molecule has 1 N–H and O–H groups in total. The number of nitrogens with one attached hydrogen (secondary N) is 1. The monoisotopic (exact) mass is 343 g/mol. The van der Waals surface area contributed by atoms with Crippen LogP contribution in [0.5, 0.6) is 0 Å². The molecule has 0 aromatic carbocycles. The molecular formula is C13H17N3O6S. The highest BCUT2D eigenvalue weighted by Gasteiger charge is 2.45. The summed E-state index contributed by atoms with van der Waals surface area (Å²) in [4.78, 5) is 48.6. The lowest BCUT2D eigenvalue weighted by Crippen LogP contribution is -2.51. The van der Waals surface area contributed by atoms with Crippen molar-refractivity contribution in [2.75, 3.05) is 24.6 Å². The minimum atomic E-state index is -3.21. The van der Waals surface area contributed by atoms with E-state index >= 15 is 0 Å². The van der Waals surface area contributed by atoms with Crippen molar-refractivity contribution in [2.24, 2.45) is 0 Å². The number of carbonyl (C=O) groups excluding carboxylic acids is 4. The first-order chi connectivity index (χ1) is 10.6. The van der Waals surface area contributed by atoms with Crippen molar-refractivity contribution in [1.29, 1.82) is 0 Å². The van der Waals surface area contributed by atoms with E-state index in [-0.39, 0.29) is 24.5 Å². The fourth-order valence-electron chi connectivity index (χ4n) is 2.61. The van der Waals surface area contributed by atoms with E-state index in [1.54, 1.807) is 6.92 Å². The highest BCUT2D eigenvalue weighted by atomic mass is 32.2. The van der Waals surface area contributed by atoms with Crippen molar-refractivity contribution in [3.63, 3.8) is 0 Å². The molecule has 0 bridgehead atoms. The Hall–Kier alpha value is -2.23. The average Bonchev–Trinajstić information content (AvgIpc) is 2.82. The van der Waals surface area contributed by atoms with Crippen LogP contribution in [0.2, 0.25) is 0 Å². The molecule has 2 fully saturated rings. The van der Waals surface area contributed by atoms with E-state index in [2.05, 4.69) is 11.9 Å². The largest absolute Gasteiger partial charge is 0.348 e. The highest BCUT2D eigenvalue weighted by Crippen LogP contribution is 2.23. The molecule has 126 valence electrons. The van der Waals surface area contributed by atoms with Crippen LogP contribution in [-0.2, 0) is 24.2 Å². The normalized spacial score (nSPS) is 26.7. The fraction of sp³-hybridized carbons (Fsp3) is 0.538. The van der Waals surface area contributed by atoms with E-state index in [1.807, 2.05) is 0 Å². The van der Waals surface area contributed by atoms with Gasteiger partial charge < -0.3 is 5.32 Å². The van der Waals surface area contributed by atoms with Crippen molar-refractivity contribution in [3.05, 3.63) is 12.7 Å². The molecule has 0 aliphatic carbocycles. The molecule has 0 saturated carbocycles. The summed E-state index contributed by atoms with van der Waals surface area (Å²) in [5.41, 5.74) is -0.938. The third-order valence-electron chi connectivity index (χ3n) is 3.69. The Morgan fingerprint density at radius 3 is 2.43 bits per heavy atom. The maximum atomic E-state index is 12.0. The Morgan fingerprint density at radius 1 is 1.30 bits per heavy atom. The van der Waals surface area contributed by atoms with Gasteiger partial charge in [0.25, 0.3) is 0 Å². The summed E-state index contributed by atoms with van der Waals surface area (Å²) in [6, 6.07) is -0.890. The summed E-state index contributed by atoms with van der Waals surface area (Å²) in [6.45, 7) is 4.20. The molecule has 23 heavy (non-hydrogen) atoms. The molecule has 9 nitrogen and oxygen atoms in total. The number of imide groups is 2. The number of nitrogens with zero attached hydrogens (tertiary/aromatic N) is 2. The predicted octanol–water partition coefficient (Wildman–Crippen LogP) is -1.34. The second kappa shape index (κ2) is 5.76.